The number of hydrogen-bond donors (Lipinski definition) is 0. The van der Waals surface area contributed by atoms with Crippen molar-refractivity contribution in [1.82, 2.24) is 20.0 Å². The molecule has 0 aliphatic carbocycles. The van der Waals surface area contributed by atoms with Crippen LogP contribution < -0.4 is 9.64 Å². The highest BCUT2D eigenvalue weighted by molar-refractivity contribution is 6.31. The molecule has 0 radical (unpaired) electrons. The van der Waals surface area contributed by atoms with Crippen LogP contribution in [0.2, 0.25) is 5.02 Å². The molecule has 3 heterocycles. The van der Waals surface area contributed by atoms with E-state index in [9.17, 15) is 4.79 Å². The van der Waals surface area contributed by atoms with Crippen molar-refractivity contribution in [1.29, 1.82) is 0 Å². The Balaban J connectivity index is 1.30. The Hall–Kier alpha value is -2.38. The van der Waals surface area contributed by atoms with Crippen LogP contribution in [0.1, 0.15) is 18.4 Å². The van der Waals surface area contributed by atoms with Gasteiger partial charge >= 0.3 is 0 Å². The summed E-state index contributed by atoms with van der Waals surface area (Å²) < 4.78 is 5.08. The second-order valence-corrected chi connectivity index (χ2v) is 8.32. The molecule has 1 atom stereocenters. The number of nitrogens with zero attached hydrogens (tertiary/aromatic N) is 5. The summed E-state index contributed by atoms with van der Waals surface area (Å²) in [5.74, 6) is 1.58. The van der Waals surface area contributed by atoms with Crippen LogP contribution in [0.15, 0.2) is 36.4 Å². The number of carbonyl (C=O) groups excluding carboxylic acids is 1. The van der Waals surface area contributed by atoms with Gasteiger partial charge in [-0.1, -0.05) is 29.8 Å². The first-order valence-electron chi connectivity index (χ1n) is 10.5. The molecule has 1 aromatic heterocycles. The third-order valence-electron chi connectivity index (χ3n) is 5.97. The third kappa shape index (κ3) is 4.84. The number of ether oxygens (including phenoxy) is 1. The Morgan fingerprint density at radius 1 is 1.10 bits per heavy atom. The largest absolute Gasteiger partial charge is 0.480 e. The van der Waals surface area contributed by atoms with Gasteiger partial charge in [0.25, 0.3) is 0 Å². The van der Waals surface area contributed by atoms with Crippen LogP contribution in [0.25, 0.3) is 0 Å². The zero-order valence-electron chi connectivity index (χ0n) is 17.3. The number of anilines is 1. The minimum absolute atomic E-state index is 0.0118. The van der Waals surface area contributed by atoms with Gasteiger partial charge in [0.05, 0.1) is 13.0 Å². The zero-order chi connectivity index (χ0) is 20.9. The number of halogens is 1. The number of aromatic nitrogens is 2. The smallest absolute Gasteiger partial charge is 0.233 e. The molecule has 1 aromatic carbocycles. The number of rotatable bonds is 5. The first-order valence-corrected chi connectivity index (χ1v) is 10.9. The molecule has 0 spiro atoms. The van der Waals surface area contributed by atoms with E-state index in [1.165, 1.54) is 0 Å². The Morgan fingerprint density at radius 3 is 2.60 bits per heavy atom. The summed E-state index contributed by atoms with van der Waals surface area (Å²) in [6.07, 6.45) is 1.91. The number of piperazine rings is 1. The Bertz CT molecular complexity index is 855. The van der Waals surface area contributed by atoms with Crippen molar-refractivity contribution in [2.24, 2.45) is 5.92 Å². The number of piperidine rings is 1. The number of benzene rings is 1. The van der Waals surface area contributed by atoms with E-state index in [0.29, 0.717) is 12.4 Å². The van der Waals surface area contributed by atoms with Gasteiger partial charge in [0, 0.05) is 56.9 Å². The molecule has 2 aliphatic heterocycles. The lowest BCUT2D eigenvalue weighted by molar-refractivity contribution is -0.137. The standard InChI is InChI=1S/C22H28ClN5O2/c1-30-21-9-8-20(24-25-21)28-10-4-6-18(16-28)22(29)27-13-11-26(12-14-27)15-17-5-2-3-7-19(17)23/h2-3,5,7-9,18H,4,6,10-16H2,1H3. The summed E-state index contributed by atoms with van der Waals surface area (Å²) in [6, 6.07) is 11.7. The van der Waals surface area contributed by atoms with Gasteiger partial charge < -0.3 is 14.5 Å². The van der Waals surface area contributed by atoms with Crippen LogP contribution in [-0.2, 0) is 11.3 Å². The van der Waals surface area contributed by atoms with E-state index in [2.05, 4.69) is 26.1 Å². The fraction of sp³-hybridized carbons (Fsp3) is 0.500. The second kappa shape index (κ2) is 9.62. The average molecular weight is 430 g/mol. The van der Waals surface area contributed by atoms with Gasteiger partial charge in [-0.15, -0.1) is 10.2 Å². The normalized spacial score (nSPS) is 20.3. The molecule has 7 nitrogen and oxygen atoms in total. The van der Waals surface area contributed by atoms with Crippen LogP contribution in [-0.4, -0.2) is 72.3 Å². The van der Waals surface area contributed by atoms with Crippen LogP contribution in [0, 0.1) is 5.92 Å². The van der Waals surface area contributed by atoms with Crippen molar-refractivity contribution in [3.05, 3.63) is 47.0 Å². The molecule has 160 valence electrons. The number of hydrogen-bond acceptors (Lipinski definition) is 6. The fourth-order valence-corrected chi connectivity index (χ4v) is 4.42. The minimum atomic E-state index is 0.0118. The van der Waals surface area contributed by atoms with Crippen LogP contribution in [0.4, 0.5) is 5.82 Å². The zero-order valence-corrected chi connectivity index (χ0v) is 18.1. The molecule has 0 bridgehead atoms. The lowest BCUT2D eigenvalue weighted by atomic mass is 9.96. The van der Waals surface area contributed by atoms with E-state index in [0.717, 1.165) is 68.5 Å². The Morgan fingerprint density at radius 2 is 1.90 bits per heavy atom. The van der Waals surface area contributed by atoms with E-state index < -0.39 is 0 Å². The lowest BCUT2D eigenvalue weighted by Crippen LogP contribution is -2.52. The molecule has 0 saturated carbocycles. The highest BCUT2D eigenvalue weighted by Gasteiger charge is 2.31. The highest BCUT2D eigenvalue weighted by atomic mass is 35.5. The van der Waals surface area contributed by atoms with Crippen molar-refractivity contribution >= 4 is 23.3 Å². The number of methoxy groups -OCH3 is 1. The summed E-state index contributed by atoms with van der Waals surface area (Å²) in [5, 5.41) is 9.11. The van der Waals surface area contributed by atoms with Gasteiger partial charge in [-0.05, 0) is 30.5 Å². The number of carbonyl (C=O) groups is 1. The summed E-state index contributed by atoms with van der Waals surface area (Å²) in [7, 11) is 1.58. The van der Waals surface area contributed by atoms with E-state index in [1.807, 2.05) is 35.2 Å². The van der Waals surface area contributed by atoms with Gasteiger partial charge in [-0.2, -0.15) is 0 Å². The Kier molecular flexibility index (Phi) is 6.69. The maximum Gasteiger partial charge on any atom is 0.233 e. The van der Waals surface area contributed by atoms with Crippen LogP contribution in [0.3, 0.4) is 0 Å². The first kappa shape index (κ1) is 20.9. The molecule has 30 heavy (non-hydrogen) atoms. The minimum Gasteiger partial charge on any atom is -0.480 e. The molecule has 2 aliphatic rings. The van der Waals surface area contributed by atoms with Crippen molar-refractivity contribution < 1.29 is 9.53 Å². The first-order chi connectivity index (χ1) is 14.6. The fourth-order valence-electron chi connectivity index (χ4n) is 4.23. The molecule has 1 unspecified atom stereocenters. The van der Waals surface area contributed by atoms with Crippen molar-refractivity contribution in [2.45, 2.75) is 19.4 Å². The van der Waals surface area contributed by atoms with Crippen molar-refractivity contribution in [2.75, 3.05) is 51.3 Å². The van der Waals surface area contributed by atoms with Gasteiger partial charge in [0.1, 0.15) is 0 Å². The van der Waals surface area contributed by atoms with Crippen molar-refractivity contribution in [3.63, 3.8) is 0 Å². The summed E-state index contributed by atoms with van der Waals surface area (Å²) in [4.78, 5) is 19.7. The molecule has 2 aromatic rings. The van der Waals surface area contributed by atoms with Crippen LogP contribution >= 0.6 is 11.6 Å². The monoisotopic (exact) mass is 429 g/mol. The topological polar surface area (TPSA) is 61.8 Å². The summed E-state index contributed by atoms with van der Waals surface area (Å²) >= 11 is 6.29. The maximum atomic E-state index is 13.2. The summed E-state index contributed by atoms with van der Waals surface area (Å²) in [6.45, 7) is 5.70. The predicted octanol–water partition coefficient (Wildman–Crippen LogP) is 2.70. The average Bonchev–Trinajstić information content (AvgIpc) is 2.81. The lowest BCUT2D eigenvalue weighted by Gasteiger charge is -2.39. The molecular weight excluding hydrogens is 402 g/mol. The molecule has 0 N–H and O–H groups in total. The van der Waals surface area contributed by atoms with Gasteiger partial charge in [0.2, 0.25) is 11.8 Å². The molecule has 8 heteroatoms. The Labute approximate surface area is 182 Å². The van der Waals surface area contributed by atoms with E-state index in [-0.39, 0.29) is 11.8 Å². The number of amides is 1. The molecule has 4 rings (SSSR count). The third-order valence-corrected chi connectivity index (χ3v) is 6.33. The molecular formula is C22H28ClN5O2. The van der Waals surface area contributed by atoms with Gasteiger partial charge in [-0.25, -0.2) is 0 Å². The summed E-state index contributed by atoms with van der Waals surface area (Å²) in [5.41, 5.74) is 1.14. The van der Waals surface area contributed by atoms with E-state index in [1.54, 1.807) is 7.11 Å². The molecule has 2 saturated heterocycles. The second-order valence-electron chi connectivity index (χ2n) is 7.91. The predicted molar refractivity (Wildman–Crippen MR) is 117 cm³/mol. The van der Waals surface area contributed by atoms with E-state index >= 15 is 0 Å². The van der Waals surface area contributed by atoms with Crippen molar-refractivity contribution in [3.8, 4) is 5.88 Å². The van der Waals surface area contributed by atoms with Crippen LogP contribution in [0.5, 0.6) is 5.88 Å². The SMILES string of the molecule is COc1ccc(N2CCCC(C(=O)N3CCN(Cc4ccccc4Cl)CC3)C2)nn1. The molecule has 2 fully saturated rings. The maximum absolute atomic E-state index is 13.2. The quantitative estimate of drug-likeness (QED) is 0.728. The van der Waals surface area contributed by atoms with E-state index in [4.69, 9.17) is 16.3 Å². The van der Waals surface area contributed by atoms with Gasteiger partial charge in [-0.3, -0.25) is 9.69 Å². The van der Waals surface area contributed by atoms with Gasteiger partial charge in [0.15, 0.2) is 5.82 Å². The molecule has 1 amide bonds. The highest BCUT2D eigenvalue weighted by Crippen LogP contribution is 2.24.